The summed E-state index contributed by atoms with van der Waals surface area (Å²) < 4.78 is 0. The molecule has 1 aliphatic rings. The molecule has 1 aromatic heterocycles. The summed E-state index contributed by atoms with van der Waals surface area (Å²) >= 11 is 0. The topological polar surface area (TPSA) is 55.5 Å². The normalized spacial score (nSPS) is 17.0. The van der Waals surface area contributed by atoms with Crippen LogP contribution in [-0.2, 0) is 12.8 Å². The largest absolute Gasteiger partial charge is 0.361 e. The van der Waals surface area contributed by atoms with Crippen molar-refractivity contribution in [1.29, 1.82) is 0 Å². The molecule has 1 aromatic carbocycles. The lowest BCUT2D eigenvalue weighted by molar-refractivity contribution is 0.167. The van der Waals surface area contributed by atoms with Gasteiger partial charge in [0.05, 0.1) is 0 Å². The molecule has 0 saturated carbocycles. The summed E-state index contributed by atoms with van der Waals surface area (Å²) in [7, 11) is 1.86. The maximum absolute atomic E-state index is 4.42. The Morgan fingerprint density at radius 1 is 1.26 bits per heavy atom. The number of aryl methyl sites for hydroxylation is 1. The molecule has 27 heavy (non-hydrogen) atoms. The van der Waals surface area contributed by atoms with Gasteiger partial charge in [0.2, 0.25) is 0 Å². The average molecular weight is 370 g/mol. The van der Waals surface area contributed by atoms with Gasteiger partial charge in [0.15, 0.2) is 5.96 Å². The summed E-state index contributed by atoms with van der Waals surface area (Å²) in [6.45, 7) is 9.99. The van der Waals surface area contributed by atoms with E-state index in [4.69, 9.17) is 0 Å². The molecule has 3 N–H and O–H groups in total. The molecule has 0 radical (unpaired) electrons. The standard InChI is InChI=1S/C22H35N5/c1-5-17-7-6-8-20-18(15-25-21(17)20)9-12-24-22(23-4)26-19-10-13-27(14-11-19)16(2)3/h6-8,15-16,19,25H,5,9-14H2,1-4H3,(H2,23,24,26). The predicted octanol–water partition coefficient (Wildman–Crippen LogP) is 3.31. The molecule has 0 unspecified atom stereocenters. The van der Waals surface area contributed by atoms with Crippen LogP contribution in [0, 0.1) is 0 Å². The van der Waals surface area contributed by atoms with Crippen LogP contribution in [0.3, 0.4) is 0 Å². The zero-order chi connectivity index (χ0) is 19.2. The van der Waals surface area contributed by atoms with Crippen molar-refractivity contribution in [1.82, 2.24) is 20.5 Å². The minimum Gasteiger partial charge on any atom is -0.361 e. The molecule has 0 amide bonds. The second-order valence-corrected chi connectivity index (χ2v) is 7.80. The van der Waals surface area contributed by atoms with Gasteiger partial charge >= 0.3 is 0 Å². The summed E-state index contributed by atoms with van der Waals surface area (Å²) in [4.78, 5) is 10.4. The number of nitrogens with one attached hydrogen (secondary N) is 3. The van der Waals surface area contributed by atoms with E-state index in [1.807, 2.05) is 7.05 Å². The summed E-state index contributed by atoms with van der Waals surface area (Å²) in [5.41, 5.74) is 4.04. The number of piperidine rings is 1. The first-order valence-corrected chi connectivity index (χ1v) is 10.4. The Morgan fingerprint density at radius 3 is 2.70 bits per heavy atom. The SMILES string of the molecule is CCc1cccc2c(CCNC(=NC)NC3CCN(C(C)C)CC3)c[nH]c12. The molecule has 5 nitrogen and oxygen atoms in total. The molecule has 1 saturated heterocycles. The number of aromatic amines is 1. The van der Waals surface area contributed by atoms with E-state index in [2.05, 4.69) is 70.7 Å². The number of fused-ring (bicyclic) bond motifs is 1. The fourth-order valence-electron chi connectivity index (χ4n) is 4.04. The van der Waals surface area contributed by atoms with Crippen molar-refractivity contribution < 1.29 is 0 Å². The number of rotatable bonds is 6. The smallest absolute Gasteiger partial charge is 0.191 e. The minimum atomic E-state index is 0.520. The van der Waals surface area contributed by atoms with Crippen LogP contribution in [0.2, 0.25) is 0 Å². The highest BCUT2D eigenvalue weighted by molar-refractivity contribution is 5.86. The van der Waals surface area contributed by atoms with Gasteiger partial charge in [0, 0.05) is 55.9 Å². The van der Waals surface area contributed by atoms with Gasteiger partial charge in [0.1, 0.15) is 0 Å². The zero-order valence-electron chi connectivity index (χ0n) is 17.3. The lowest BCUT2D eigenvalue weighted by Crippen LogP contribution is -2.50. The van der Waals surface area contributed by atoms with Crippen molar-refractivity contribution in [2.24, 2.45) is 4.99 Å². The highest BCUT2D eigenvalue weighted by atomic mass is 15.2. The number of para-hydroxylation sites is 1. The zero-order valence-corrected chi connectivity index (χ0v) is 17.3. The highest BCUT2D eigenvalue weighted by Crippen LogP contribution is 2.22. The van der Waals surface area contributed by atoms with Crippen LogP contribution in [0.5, 0.6) is 0 Å². The maximum Gasteiger partial charge on any atom is 0.191 e. The van der Waals surface area contributed by atoms with E-state index in [1.165, 1.54) is 48.0 Å². The van der Waals surface area contributed by atoms with Crippen LogP contribution in [-0.4, -0.2) is 54.6 Å². The van der Waals surface area contributed by atoms with Gasteiger partial charge in [-0.05, 0) is 50.7 Å². The van der Waals surface area contributed by atoms with E-state index in [-0.39, 0.29) is 0 Å². The summed E-state index contributed by atoms with van der Waals surface area (Å²) in [6.07, 6.45) is 6.56. The van der Waals surface area contributed by atoms with Gasteiger partial charge in [0.25, 0.3) is 0 Å². The molecule has 0 spiro atoms. The number of aliphatic imine (C=N–C) groups is 1. The Morgan fingerprint density at radius 2 is 2.04 bits per heavy atom. The van der Waals surface area contributed by atoms with Crippen molar-refractivity contribution in [2.75, 3.05) is 26.7 Å². The van der Waals surface area contributed by atoms with Gasteiger partial charge in [-0.1, -0.05) is 25.1 Å². The number of guanidine groups is 1. The monoisotopic (exact) mass is 369 g/mol. The van der Waals surface area contributed by atoms with E-state index < -0.39 is 0 Å². The van der Waals surface area contributed by atoms with Crippen molar-refractivity contribution in [2.45, 2.75) is 58.5 Å². The average Bonchev–Trinajstić information content (AvgIpc) is 3.10. The van der Waals surface area contributed by atoms with Gasteiger partial charge in [-0.2, -0.15) is 0 Å². The van der Waals surface area contributed by atoms with Crippen LogP contribution >= 0.6 is 0 Å². The van der Waals surface area contributed by atoms with Crippen molar-refractivity contribution in [3.63, 3.8) is 0 Å². The van der Waals surface area contributed by atoms with E-state index in [9.17, 15) is 0 Å². The number of benzene rings is 1. The highest BCUT2D eigenvalue weighted by Gasteiger charge is 2.21. The number of likely N-dealkylation sites (tertiary alicyclic amines) is 1. The minimum absolute atomic E-state index is 0.520. The first kappa shape index (κ1) is 19.7. The van der Waals surface area contributed by atoms with E-state index in [0.29, 0.717) is 12.1 Å². The van der Waals surface area contributed by atoms with Gasteiger partial charge in [-0.25, -0.2) is 0 Å². The molecule has 0 atom stereocenters. The molecule has 1 aliphatic heterocycles. The van der Waals surface area contributed by atoms with Crippen LogP contribution in [0.25, 0.3) is 10.9 Å². The first-order chi connectivity index (χ1) is 13.1. The lowest BCUT2D eigenvalue weighted by atomic mass is 10.0. The van der Waals surface area contributed by atoms with Crippen LogP contribution in [0.15, 0.2) is 29.4 Å². The molecule has 1 fully saturated rings. The second kappa shape index (κ2) is 9.27. The number of hydrogen-bond acceptors (Lipinski definition) is 2. The van der Waals surface area contributed by atoms with Gasteiger partial charge < -0.3 is 20.5 Å². The summed E-state index contributed by atoms with van der Waals surface area (Å²) in [5.74, 6) is 0.923. The lowest BCUT2D eigenvalue weighted by Gasteiger charge is -2.35. The molecule has 2 aromatic rings. The van der Waals surface area contributed by atoms with Crippen molar-refractivity contribution in [3.05, 3.63) is 35.5 Å². The Labute approximate surface area is 163 Å². The Kier molecular flexibility index (Phi) is 6.78. The number of aromatic nitrogens is 1. The number of H-pyrrole nitrogens is 1. The predicted molar refractivity (Wildman–Crippen MR) is 116 cm³/mol. The first-order valence-electron chi connectivity index (χ1n) is 10.4. The number of hydrogen-bond donors (Lipinski definition) is 3. The number of nitrogens with zero attached hydrogens (tertiary/aromatic N) is 2. The molecule has 0 bridgehead atoms. The van der Waals surface area contributed by atoms with E-state index in [0.717, 1.165) is 25.3 Å². The summed E-state index contributed by atoms with van der Waals surface area (Å²) in [6, 6.07) is 7.75. The summed E-state index contributed by atoms with van der Waals surface area (Å²) in [5, 5.41) is 8.45. The van der Waals surface area contributed by atoms with Gasteiger partial charge in [-0.15, -0.1) is 0 Å². The Hall–Kier alpha value is -2.01. The van der Waals surface area contributed by atoms with Crippen LogP contribution < -0.4 is 10.6 Å². The second-order valence-electron chi connectivity index (χ2n) is 7.80. The third-order valence-corrected chi connectivity index (χ3v) is 5.78. The quantitative estimate of drug-likeness (QED) is 0.541. The Bertz CT molecular complexity index is 753. The molecule has 3 rings (SSSR count). The van der Waals surface area contributed by atoms with E-state index in [1.54, 1.807) is 0 Å². The van der Waals surface area contributed by atoms with Crippen molar-refractivity contribution >= 4 is 16.9 Å². The molecule has 2 heterocycles. The molecule has 5 heteroatoms. The molecular weight excluding hydrogens is 334 g/mol. The maximum atomic E-state index is 4.42. The van der Waals surface area contributed by atoms with Crippen molar-refractivity contribution in [3.8, 4) is 0 Å². The third kappa shape index (κ3) is 4.83. The third-order valence-electron chi connectivity index (χ3n) is 5.78. The van der Waals surface area contributed by atoms with E-state index >= 15 is 0 Å². The van der Waals surface area contributed by atoms with Crippen LogP contribution in [0.4, 0.5) is 0 Å². The fraction of sp³-hybridized carbons (Fsp3) is 0.591. The molecule has 0 aliphatic carbocycles. The van der Waals surface area contributed by atoms with Gasteiger partial charge in [-0.3, -0.25) is 4.99 Å². The Balaban J connectivity index is 1.49. The van der Waals surface area contributed by atoms with Crippen LogP contribution in [0.1, 0.15) is 44.7 Å². The molecule has 148 valence electrons. The molecular formula is C22H35N5. The fourth-order valence-corrected chi connectivity index (χ4v) is 4.04.